The zero-order valence-corrected chi connectivity index (χ0v) is 17.4. The van der Waals surface area contributed by atoms with Gasteiger partial charge in [-0.2, -0.15) is 0 Å². The van der Waals surface area contributed by atoms with Crippen LogP contribution >= 0.6 is 0 Å². The molecule has 0 aliphatic carbocycles. The van der Waals surface area contributed by atoms with Crippen LogP contribution in [0.1, 0.15) is 36.1 Å². The first-order valence-electron chi connectivity index (χ1n) is 9.63. The standard InChI is InChI=1S/C26H30O3/c1-7-9-19-13-23(15-21(25(19)27)11-17(3)4)29-24-14-20(10-8-2)26(28)22(16-24)12-18(5)6/h7-8,13-16,27-28H,1-3,5,9-12H2,4,6H3. The molecule has 0 unspecified atom stereocenters. The van der Waals surface area contributed by atoms with Crippen LogP contribution in [0.4, 0.5) is 0 Å². The lowest BCUT2D eigenvalue weighted by Crippen LogP contribution is -1.97. The lowest BCUT2D eigenvalue weighted by atomic mass is 9.99. The molecule has 3 heteroatoms. The zero-order valence-electron chi connectivity index (χ0n) is 17.4. The number of ether oxygens (including phenoxy) is 1. The Balaban J connectivity index is 2.51. The van der Waals surface area contributed by atoms with Gasteiger partial charge in [0.2, 0.25) is 0 Å². The number of phenols is 2. The van der Waals surface area contributed by atoms with Gasteiger partial charge in [-0.25, -0.2) is 0 Å². The molecule has 0 aliphatic heterocycles. The van der Waals surface area contributed by atoms with Gasteiger partial charge in [0.1, 0.15) is 23.0 Å². The highest BCUT2D eigenvalue weighted by Gasteiger charge is 2.14. The van der Waals surface area contributed by atoms with Gasteiger partial charge >= 0.3 is 0 Å². The smallest absolute Gasteiger partial charge is 0.128 e. The van der Waals surface area contributed by atoms with Gasteiger partial charge in [-0.1, -0.05) is 36.5 Å². The Hall–Kier alpha value is -3.20. The third-order valence-electron chi connectivity index (χ3n) is 4.43. The number of rotatable bonds is 10. The molecule has 2 N–H and O–H groups in total. The van der Waals surface area contributed by atoms with Gasteiger partial charge in [0.15, 0.2) is 0 Å². The molecular weight excluding hydrogens is 360 g/mol. The van der Waals surface area contributed by atoms with Crippen LogP contribution < -0.4 is 4.74 Å². The topological polar surface area (TPSA) is 49.7 Å². The first-order valence-corrected chi connectivity index (χ1v) is 9.63. The van der Waals surface area contributed by atoms with Crippen molar-refractivity contribution in [1.29, 1.82) is 0 Å². The van der Waals surface area contributed by atoms with E-state index < -0.39 is 0 Å². The number of hydrogen-bond acceptors (Lipinski definition) is 3. The summed E-state index contributed by atoms with van der Waals surface area (Å²) in [6, 6.07) is 7.29. The Bertz CT molecular complexity index is 873. The van der Waals surface area contributed by atoms with Gasteiger partial charge in [-0.15, -0.1) is 13.2 Å². The third-order valence-corrected chi connectivity index (χ3v) is 4.43. The Kier molecular flexibility index (Phi) is 7.49. The van der Waals surface area contributed by atoms with Crippen molar-refractivity contribution in [3.63, 3.8) is 0 Å². The van der Waals surface area contributed by atoms with Crippen molar-refractivity contribution in [3.05, 3.63) is 96.1 Å². The van der Waals surface area contributed by atoms with E-state index in [0.717, 1.165) is 33.4 Å². The first kappa shape index (κ1) is 22.1. The predicted octanol–water partition coefficient (Wildman–Crippen LogP) is 6.58. The molecule has 0 heterocycles. The Morgan fingerprint density at radius 3 is 1.41 bits per heavy atom. The Morgan fingerprint density at radius 1 is 0.759 bits per heavy atom. The van der Waals surface area contributed by atoms with Crippen molar-refractivity contribution in [3.8, 4) is 23.0 Å². The molecule has 0 bridgehead atoms. The van der Waals surface area contributed by atoms with Gasteiger partial charge in [0.05, 0.1) is 0 Å². The monoisotopic (exact) mass is 390 g/mol. The van der Waals surface area contributed by atoms with E-state index in [9.17, 15) is 10.2 Å². The van der Waals surface area contributed by atoms with Crippen molar-refractivity contribution < 1.29 is 14.9 Å². The van der Waals surface area contributed by atoms with E-state index in [1.807, 2.05) is 38.1 Å². The van der Waals surface area contributed by atoms with E-state index in [2.05, 4.69) is 26.3 Å². The molecule has 0 atom stereocenters. The Labute approximate surface area is 174 Å². The quantitative estimate of drug-likeness (QED) is 0.450. The van der Waals surface area contributed by atoms with Crippen LogP contribution in [-0.2, 0) is 25.7 Å². The van der Waals surface area contributed by atoms with Crippen molar-refractivity contribution in [2.24, 2.45) is 0 Å². The fourth-order valence-electron chi connectivity index (χ4n) is 3.25. The lowest BCUT2D eigenvalue weighted by Gasteiger charge is -2.16. The van der Waals surface area contributed by atoms with Crippen LogP contribution in [0.2, 0.25) is 0 Å². The normalized spacial score (nSPS) is 10.4. The second-order valence-electron chi connectivity index (χ2n) is 7.54. The van der Waals surface area contributed by atoms with E-state index in [1.54, 1.807) is 12.2 Å². The summed E-state index contributed by atoms with van der Waals surface area (Å²) in [7, 11) is 0. The molecule has 2 aromatic rings. The number of phenolic OH excluding ortho intramolecular Hbond substituents is 2. The molecule has 152 valence electrons. The average Bonchev–Trinajstić information content (AvgIpc) is 2.62. The summed E-state index contributed by atoms with van der Waals surface area (Å²) in [4.78, 5) is 0. The molecule has 0 radical (unpaired) electrons. The fourth-order valence-corrected chi connectivity index (χ4v) is 3.25. The first-order chi connectivity index (χ1) is 13.7. The van der Waals surface area contributed by atoms with Gasteiger partial charge in [0.25, 0.3) is 0 Å². The minimum atomic E-state index is 0.251. The fraction of sp³-hybridized carbons (Fsp3) is 0.231. The van der Waals surface area contributed by atoms with Gasteiger partial charge in [0, 0.05) is 22.3 Å². The van der Waals surface area contributed by atoms with E-state index in [-0.39, 0.29) is 11.5 Å². The molecule has 3 nitrogen and oxygen atoms in total. The van der Waals surface area contributed by atoms with Crippen molar-refractivity contribution in [2.45, 2.75) is 39.5 Å². The maximum atomic E-state index is 10.6. The molecule has 2 rings (SSSR count). The molecular formula is C26H30O3. The van der Waals surface area contributed by atoms with Crippen LogP contribution in [0.15, 0.2) is 73.9 Å². The van der Waals surface area contributed by atoms with E-state index >= 15 is 0 Å². The van der Waals surface area contributed by atoms with Crippen molar-refractivity contribution in [2.75, 3.05) is 0 Å². The van der Waals surface area contributed by atoms with E-state index in [4.69, 9.17) is 4.74 Å². The summed E-state index contributed by atoms with van der Waals surface area (Å²) in [5.74, 6) is 1.74. The third kappa shape index (κ3) is 5.89. The minimum Gasteiger partial charge on any atom is -0.507 e. The maximum absolute atomic E-state index is 10.6. The van der Waals surface area contributed by atoms with Crippen LogP contribution in [0, 0.1) is 0 Å². The highest BCUT2D eigenvalue weighted by molar-refractivity contribution is 5.52. The lowest BCUT2D eigenvalue weighted by molar-refractivity contribution is 0.447. The van der Waals surface area contributed by atoms with E-state index in [1.165, 1.54) is 0 Å². The van der Waals surface area contributed by atoms with Crippen molar-refractivity contribution in [1.82, 2.24) is 0 Å². The van der Waals surface area contributed by atoms with Gasteiger partial charge in [-0.3, -0.25) is 0 Å². The predicted molar refractivity (Wildman–Crippen MR) is 121 cm³/mol. The van der Waals surface area contributed by atoms with Gasteiger partial charge < -0.3 is 14.9 Å². The summed E-state index contributed by atoms with van der Waals surface area (Å²) in [5.41, 5.74) is 4.92. The molecule has 2 aromatic carbocycles. The molecule has 0 saturated heterocycles. The average molecular weight is 391 g/mol. The largest absolute Gasteiger partial charge is 0.507 e. The number of aromatic hydroxyl groups is 2. The van der Waals surface area contributed by atoms with Crippen LogP contribution in [-0.4, -0.2) is 10.2 Å². The highest BCUT2D eigenvalue weighted by atomic mass is 16.5. The van der Waals surface area contributed by atoms with Crippen LogP contribution in [0.25, 0.3) is 0 Å². The second-order valence-corrected chi connectivity index (χ2v) is 7.54. The van der Waals surface area contributed by atoms with Crippen LogP contribution in [0.5, 0.6) is 23.0 Å². The summed E-state index contributed by atoms with van der Waals surface area (Å²) in [6.45, 7) is 19.3. The minimum absolute atomic E-state index is 0.251. The molecule has 0 fully saturated rings. The number of hydrogen-bond donors (Lipinski definition) is 2. The molecule has 0 spiro atoms. The summed E-state index contributed by atoms with van der Waals surface area (Å²) in [6.07, 6.45) is 5.68. The summed E-state index contributed by atoms with van der Waals surface area (Å²) >= 11 is 0. The molecule has 0 amide bonds. The SMILES string of the molecule is C=CCc1cc(Oc2cc(CC=C)c(O)c(CC(=C)C)c2)cc(CC(=C)C)c1O. The zero-order chi connectivity index (χ0) is 21.6. The molecule has 0 aliphatic rings. The van der Waals surface area contributed by atoms with Crippen LogP contribution in [0.3, 0.4) is 0 Å². The second kappa shape index (κ2) is 9.83. The molecule has 0 saturated carbocycles. The summed E-state index contributed by atoms with van der Waals surface area (Å²) < 4.78 is 6.16. The Morgan fingerprint density at radius 2 is 1.10 bits per heavy atom. The maximum Gasteiger partial charge on any atom is 0.128 e. The van der Waals surface area contributed by atoms with Gasteiger partial charge in [-0.05, 0) is 63.8 Å². The van der Waals surface area contributed by atoms with Crippen molar-refractivity contribution >= 4 is 0 Å². The highest BCUT2D eigenvalue weighted by Crippen LogP contribution is 2.36. The molecule has 0 aromatic heterocycles. The number of benzene rings is 2. The summed E-state index contributed by atoms with van der Waals surface area (Å²) in [5, 5.41) is 21.1. The van der Waals surface area contributed by atoms with E-state index in [0.29, 0.717) is 37.2 Å². The number of allylic oxidation sites excluding steroid dienone is 4. The molecule has 29 heavy (non-hydrogen) atoms.